The Labute approximate surface area is 73.6 Å². The van der Waals surface area contributed by atoms with Gasteiger partial charge in [0.05, 0.1) is 11.1 Å². The molecule has 0 bridgehead atoms. The molecule has 0 aliphatic carbocycles. The van der Waals surface area contributed by atoms with E-state index in [4.69, 9.17) is 22.6 Å². The van der Waals surface area contributed by atoms with E-state index in [1.165, 1.54) is 11.5 Å². The lowest BCUT2D eigenvalue weighted by Crippen LogP contribution is -1.84. The Balaban J connectivity index is 2.72. The molecule has 0 amide bonds. The normalized spacial score (nSPS) is 9.45. The number of hydrogen-bond donors (Lipinski definition) is 1. The number of aryl methyl sites for hydroxylation is 1. The van der Waals surface area contributed by atoms with Crippen molar-refractivity contribution >= 4 is 29.0 Å². The van der Waals surface area contributed by atoms with Crippen LogP contribution in [-0.2, 0) is 6.42 Å². The van der Waals surface area contributed by atoms with Gasteiger partial charge in [-0.05, 0) is 18.0 Å². The maximum absolute atomic E-state index is 8.29. The van der Waals surface area contributed by atoms with Gasteiger partial charge >= 0.3 is 0 Å². The van der Waals surface area contributed by atoms with Crippen molar-refractivity contribution < 1.29 is 0 Å². The zero-order valence-corrected chi connectivity index (χ0v) is 7.24. The minimum atomic E-state index is 0.365. The molecular formula is C6H6ClN3S. The van der Waals surface area contributed by atoms with Crippen molar-refractivity contribution in [3.05, 3.63) is 9.90 Å². The first-order valence-electron chi connectivity index (χ1n) is 3.02. The molecule has 1 heterocycles. The smallest absolute Gasteiger partial charge is 0.156 e. The highest BCUT2D eigenvalue weighted by atomic mass is 35.5. The number of halogens is 1. The van der Waals surface area contributed by atoms with Gasteiger partial charge in [0.25, 0.3) is 0 Å². The molecule has 1 aromatic rings. The topological polar surface area (TPSA) is 62.7 Å². The van der Waals surface area contributed by atoms with E-state index in [-0.39, 0.29) is 0 Å². The van der Waals surface area contributed by atoms with Crippen LogP contribution in [0.15, 0.2) is 0 Å². The number of nitrogens with two attached hydrogens (primary N) is 1. The maximum Gasteiger partial charge on any atom is 0.156 e. The fraction of sp³-hybridized carbons (Fsp3) is 0.333. The molecule has 2 N–H and O–H groups in total. The fourth-order valence-corrected chi connectivity index (χ4v) is 1.62. The molecule has 3 nitrogen and oxygen atoms in total. The van der Waals surface area contributed by atoms with Gasteiger partial charge in [-0.1, -0.05) is 11.6 Å². The van der Waals surface area contributed by atoms with E-state index >= 15 is 0 Å². The van der Waals surface area contributed by atoms with Gasteiger partial charge in [-0.15, -0.1) is 0 Å². The molecule has 0 aliphatic heterocycles. The van der Waals surface area contributed by atoms with Crippen LogP contribution in [0.3, 0.4) is 0 Å². The summed E-state index contributed by atoms with van der Waals surface area (Å²) in [6, 6.07) is 2.03. The summed E-state index contributed by atoms with van der Waals surface area (Å²) in [5, 5.41) is 8.79. The molecular weight excluding hydrogens is 182 g/mol. The molecule has 1 aromatic heterocycles. The first kappa shape index (κ1) is 8.31. The van der Waals surface area contributed by atoms with Crippen LogP contribution >= 0.6 is 23.1 Å². The van der Waals surface area contributed by atoms with Gasteiger partial charge in [0.15, 0.2) is 5.82 Å². The van der Waals surface area contributed by atoms with Crippen LogP contribution in [0.1, 0.15) is 11.3 Å². The monoisotopic (exact) mass is 187 g/mol. The first-order valence-corrected chi connectivity index (χ1v) is 4.17. The van der Waals surface area contributed by atoms with Crippen molar-refractivity contribution in [3.8, 4) is 6.07 Å². The van der Waals surface area contributed by atoms with Crippen molar-refractivity contribution in [1.82, 2.24) is 4.37 Å². The average molecular weight is 188 g/mol. The minimum Gasteiger partial charge on any atom is -0.382 e. The van der Waals surface area contributed by atoms with Crippen molar-refractivity contribution in [2.24, 2.45) is 0 Å². The van der Waals surface area contributed by atoms with Gasteiger partial charge < -0.3 is 5.73 Å². The van der Waals surface area contributed by atoms with Gasteiger partial charge in [-0.2, -0.15) is 9.64 Å². The second kappa shape index (κ2) is 3.56. The van der Waals surface area contributed by atoms with Crippen molar-refractivity contribution in [1.29, 1.82) is 5.26 Å². The predicted molar refractivity (Wildman–Crippen MR) is 45.5 cm³/mol. The van der Waals surface area contributed by atoms with Gasteiger partial charge in [0.2, 0.25) is 0 Å². The molecule has 5 heteroatoms. The number of nitriles is 1. The summed E-state index contributed by atoms with van der Waals surface area (Å²) >= 11 is 7.02. The highest BCUT2D eigenvalue weighted by Crippen LogP contribution is 2.27. The number of nitrogens with zero attached hydrogens (tertiary/aromatic N) is 2. The first-order chi connectivity index (χ1) is 5.25. The lowest BCUT2D eigenvalue weighted by Gasteiger charge is -1.89. The van der Waals surface area contributed by atoms with Gasteiger partial charge in [-0.25, -0.2) is 0 Å². The Bertz CT molecular complexity index is 289. The summed E-state index contributed by atoms with van der Waals surface area (Å²) in [5.74, 6) is 0.365. The van der Waals surface area contributed by atoms with E-state index in [0.717, 1.165) is 4.88 Å². The predicted octanol–water partition coefficient (Wildman–Crippen LogP) is 1.83. The number of nitrogen functional groups attached to an aromatic ring is 1. The summed E-state index contributed by atoms with van der Waals surface area (Å²) in [7, 11) is 0. The Morgan fingerprint density at radius 3 is 2.91 bits per heavy atom. The second-order valence-corrected chi connectivity index (χ2v) is 3.20. The van der Waals surface area contributed by atoms with Crippen LogP contribution in [-0.4, -0.2) is 4.37 Å². The summed E-state index contributed by atoms with van der Waals surface area (Å²) in [6.45, 7) is 0. The van der Waals surface area contributed by atoms with Gasteiger partial charge in [0.1, 0.15) is 0 Å². The molecule has 1 rings (SSSR count). The molecule has 58 valence electrons. The van der Waals surface area contributed by atoms with Crippen molar-refractivity contribution in [2.75, 3.05) is 5.73 Å². The zero-order valence-electron chi connectivity index (χ0n) is 5.67. The lowest BCUT2D eigenvalue weighted by atomic mass is 10.3. The van der Waals surface area contributed by atoms with Crippen LogP contribution in [0.4, 0.5) is 5.82 Å². The summed E-state index contributed by atoms with van der Waals surface area (Å²) in [4.78, 5) is 0.894. The van der Waals surface area contributed by atoms with Crippen LogP contribution in [0, 0.1) is 11.3 Å². The van der Waals surface area contributed by atoms with Crippen molar-refractivity contribution in [2.45, 2.75) is 12.8 Å². The van der Waals surface area contributed by atoms with Gasteiger partial charge in [-0.3, -0.25) is 0 Å². The largest absolute Gasteiger partial charge is 0.382 e. The summed E-state index contributed by atoms with van der Waals surface area (Å²) < 4.78 is 3.85. The molecule has 0 aromatic carbocycles. The van der Waals surface area contributed by atoms with E-state index in [9.17, 15) is 0 Å². The maximum atomic E-state index is 8.29. The fourth-order valence-electron chi connectivity index (χ4n) is 0.652. The lowest BCUT2D eigenvalue weighted by molar-refractivity contribution is 1.04. The number of anilines is 1. The molecule has 0 aliphatic rings. The van der Waals surface area contributed by atoms with Gasteiger partial charge in [0, 0.05) is 11.3 Å². The SMILES string of the molecule is N#CCCc1snc(N)c1Cl. The molecule has 0 radical (unpaired) electrons. The molecule has 0 fully saturated rings. The van der Waals surface area contributed by atoms with Crippen LogP contribution in [0.2, 0.25) is 5.02 Å². The number of hydrogen-bond acceptors (Lipinski definition) is 4. The molecule has 0 atom stereocenters. The average Bonchev–Trinajstić information content (AvgIpc) is 2.31. The third-order valence-electron chi connectivity index (χ3n) is 1.19. The minimum absolute atomic E-state index is 0.365. The van der Waals surface area contributed by atoms with E-state index in [0.29, 0.717) is 23.7 Å². The molecule has 0 saturated carbocycles. The number of rotatable bonds is 2. The van der Waals surface area contributed by atoms with E-state index in [2.05, 4.69) is 4.37 Å². The Hall–Kier alpha value is -0.790. The van der Waals surface area contributed by atoms with Crippen molar-refractivity contribution in [3.63, 3.8) is 0 Å². The molecule has 0 saturated heterocycles. The Kier molecular flexibility index (Phi) is 2.69. The Morgan fingerprint density at radius 2 is 2.45 bits per heavy atom. The van der Waals surface area contributed by atoms with Crippen LogP contribution in [0.25, 0.3) is 0 Å². The zero-order chi connectivity index (χ0) is 8.27. The number of aromatic nitrogens is 1. The highest BCUT2D eigenvalue weighted by Gasteiger charge is 2.07. The summed E-state index contributed by atoms with van der Waals surface area (Å²) in [6.07, 6.45) is 1.10. The highest BCUT2D eigenvalue weighted by molar-refractivity contribution is 7.06. The van der Waals surface area contributed by atoms with E-state index < -0.39 is 0 Å². The molecule has 0 unspecified atom stereocenters. The van der Waals surface area contributed by atoms with E-state index in [1.54, 1.807) is 0 Å². The molecule has 0 spiro atoms. The third kappa shape index (κ3) is 1.82. The molecule has 11 heavy (non-hydrogen) atoms. The van der Waals surface area contributed by atoms with Crippen LogP contribution < -0.4 is 5.73 Å². The summed E-state index contributed by atoms with van der Waals surface area (Å²) in [5.41, 5.74) is 5.40. The quantitative estimate of drug-likeness (QED) is 0.769. The second-order valence-electron chi connectivity index (χ2n) is 1.96. The Morgan fingerprint density at radius 1 is 1.73 bits per heavy atom. The van der Waals surface area contributed by atoms with Crippen LogP contribution in [0.5, 0.6) is 0 Å². The third-order valence-corrected chi connectivity index (χ3v) is 2.64. The standard InChI is InChI=1S/C6H6ClN3S/c7-5-4(2-1-3-8)11-10-6(5)9/h1-2H2,(H2,9,10). The van der Waals surface area contributed by atoms with E-state index in [1.807, 2.05) is 6.07 Å².